The quantitative estimate of drug-likeness (QED) is 0.778. The molecule has 4 atom stereocenters. The molecule has 2 aliphatic heterocycles. The van der Waals surface area contributed by atoms with Gasteiger partial charge in [0.25, 0.3) is 0 Å². The molecule has 0 spiro atoms. The van der Waals surface area contributed by atoms with Crippen LogP contribution >= 0.6 is 0 Å². The van der Waals surface area contributed by atoms with Gasteiger partial charge in [-0.05, 0) is 43.7 Å². The third kappa shape index (κ3) is 4.73. The highest BCUT2D eigenvalue weighted by molar-refractivity contribution is 5.90. The van der Waals surface area contributed by atoms with Gasteiger partial charge in [-0.3, -0.25) is 14.5 Å². The number of rotatable bonds is 6. The van der Waals surface area contributed by atoms with Crippen LogP contribution in [0, 0.1) is 11.8 Å². The predicted molar refractivity (Wildman–Crippen MR) is 110 cm³/mol. The third-order valence-electron chi connectivity index (χ3n) is 6.12. The number of nitrogens with zero attached hydrogens (tertiary/aromatic N) is 2. The van der Waals surface area contributed by atoms with Crippen molar-refractivity contribution >= 4 is 11.8 Å². The molecular weight excluding hydrogens is 352 g/mol. The highest BCUT2D eigenvalue weighted by Crippen LogP contribution is 2.33. The molecular formula is C22H34N4O2. The Hall–Kier alpha value is -1.92. The molecule has 3 rings (SSSR count). The van der Waals surface area contributed by atoms with Crippen molar-refractivity contribution in [3.63, 3.8) is 0 Å². The number of hydrogen-bond acceptors (Lipinski definition) is 4. The van der Waals surface area contributed by atoms with Gasteiger partial charge in [0, 0.05) is 25.7 Å². The van der Waals surface area contributed by atoms with Gasteiger partial charge in [-0.1, -0.05) is 44.2 Å². The molecule has 2 heterocycles. The van der Waals surface area contributed by atoms with Crippen LogP contribution in [-0.4, -0.2) is 59.4 Å². The lowest BCUT2D eigenvalue weighted by Crippen LogP contribution is -2.57. The second kappa shape index (κ2) is 9.05. The number of carbonyl (C=O) groups is 2. The predicted octanol–water partition coefficient (Wildman–Crippen LogP) is 1.60. The molecule has 2 fully saturated rings. The van der Waals surface area contributed by atoms with Gasteiger partial charge in [-0.2, -0.15) is 0 Å². The van der Waals surface area contributed by atoms with Crippen molar-refractivity contribution in [1.82, 2.24) is 15.1 Å². The molecule has 2 aliphatic rings. The molecule has 3 N–H and O–H groups in total. The highest BCUT2D eigenvalue weighted by Gasteiger charge is 2.43. The smallest absolute Gasteiger partial charge is 0.245 e. The van der Waals surface area contributed by atoms with Crippen molar-refractivity contribution < 1.29 is 9.59 Å². The fourth-order valence-electron chi connectivity index (χ4n) is 4.44. The van der Waals surface area contributed by atoms with Crippen molar-refractivity contribution in [1.29, 1.82) is 0 Å². The molecule has 0 saturated carbocycles. The van der Waals surface area contributed by atoms with E-state index in [0.29, 0.717) is 5.92 Å². The van der Waals surface area contributed by atoms with E-state index in [1.165, 1.54) is 5.56 Å². The van der Waals surface area contributed by atoms with Crippen molar-refractivity contribution in [2.75, 3.05) is 19.6 Å². The molecule has 0 aromatic heterocycles. The lowest BCUT2D eigenvalue weighted by Gasteiger charge is -2.40. The molecule has 6 heteroatoms. The van der Waals surface area contributed by atoms with Crippen molar-refractivity contribution in [2.45, 2.75) is 58.3 Å². The van der Waals surface area contributed by atoms with Gasteiger partial charge in [-0.25, -0.2) is 0 Å². The molecule has 2 amide bonds. The highest BCUT2D eigenvalue weighted by atomic mass is 16.2. The third-order valence-corrected chi connectivity index (χ3v) is 6.12. The van der Waals surface area contributed by atoms with E-state index < -0.39 is 12.1 Å². The maximum atomic E-state index is 13.3. The van der Waals surface area contributed by atoms with Crippen molar-refractivity contribution in [2.24, 2.45) is 17.6 Å². The zero-order chi connectivity index (χ0) is 20.3. The van der Waals surface area contributed by atoms with Crippen LogP contribution in [0.4, 0.5) is 0 Å². The molecule has 28 heavy (non-hydrogen) atoms. The number of hydrogen-bond donors (Lipinski definition) is 2. The summed E-state index contributed by atoms with van der Waals surface area (Å²) in [6.45, 7) is 9.27. The number of nitrogens with two attached hydrogens (primary N) is 1. The van der Waals surface area contributed by atoms with E-state index in [2.05, 4.69) is 34.5 Å². The summed E-state index contributed by atoms with van der Waals surface area (Å²) in [6.07, 6.45) is 2.18. The van der Waals surface area contributed by atoms with Crippen LogP contribution in [0.2, 0.25) is 0 Å². The average Bonchev–Trinajstić information content (AvgIpc) is 3.09. The summed E-state index contributed by atoms with van der Waals surface area (Å²) < 4.78 is 0. The number of fused-ring (bicyclic) bond motifs is 1. The summed E-state index contributed by atoms with van der Waals surface area (Å²) in [7, 11) is 0. The molecule has 0 bridgehead atoms. The van der Waals surface area contributed by atoms with E-state index in [1.807, 2.05) is 24.8 Å². The maximum absolute atomic E-state index is 13.3. The van der Waals surface area contributed by atoms with Gasteiger partial charge in [0.2, 0.25) is 11.8 Å². The Labute approximate surface area is 168 Å². The summed E-state index contributed by atoms with van der Waals surface area (Å²) in [6, 6.07) is 9.60. The summed E-state index contributed by atoms with van der Waals surface area (Å²) in [4.78, 5) is 29.9. The van der Waals surface area contributed by atoms with Crippen LogP contribution in [0.25, 0.3) is 0 Å². The van der Waals surface area contributed by atoms with E-state index >= 15 is 0 Å². The number of nitrogens with one attached hydrogen (secondary N) is 1. The van der Waals surface area contributed by atoms with Crippen LogP contribution in [0.1, 0.15) is 39.2 Å². The molecule has 2 unspecified atom stereocenters. The normalized spacial score (nSPS) is 24.7. The van der Waals surface area contributed by atoms with Crippen LogP contribution in [0.3, 0.4) is 0 Å². The van der Waals surface area contributed by atoms with Gasteiger partial charge in [0.05, 0.1) is 6.04 Å². The first-order valence-electron chi connectivity index (χ1n) is 10.5. The number of likely N-dealkylation sites (tertiary alicyclic amines) is 2. The lowest BCUT2D eigenvalue weighted by molar-refractivity contribution is -0.139. The minimum atomic E-state index is -0.614. The first kappa shape index (κ1) is 20.8. The monoisotopic (exact) mass is 386 g/mol. The molecule has 2 saturated heterocycles. The Morgan fingerprint density at radius 2 is 1.82 bits per heavy atom. The SMILES string of the molecule is CC(C)[C@H](NC(=O)[C@H](C)N)C(=O)N1CCC2CCN(Cc3ccccc3)CC21. The molecule has 154 valence electrons. The fraction of sp³-hybridized carbons (Fsp3) is 0.636. The largest absolute Gasteiger partial charge is 0.343 e. The molecule has 0 radical (unpaired) electrons. The number of amides is 2. The summed E-state index contributed by atoms with van der Waals surface area (Å²) in [5, 5.41) is 2.87. The van der Waals surface area contributed by atoms with Crippen LogP contribution in [0.5, 0.6) is 0 Å². The fourth-order valence-corrected chi connectivity index (χ4v) is 4.44. The van der Waals surface area contributed by atoms with E-state index in [9.17, 15) is 9.59 Å². The minimum Gasteiger partial charge on any atom is -0.343 e. The van der Waals surface area contributed by atoms with E-state index in [-0.39, 0.29) is 23.8 Å². The second-order valence-corrected chi connectivity index (χ2v) is 8.68. The number of carbonyl (C=O) groups excluding carboxylic acids is 2. The Balaban J connectivity index is 1.67. The molecule has 1 aromatic rings. The van der Waals surface area contributed by atoms with Crippen molar-refractivity contribution in [3.05, 3.63) is 35.9 Å². The minimum absolute atomic E-state index is 0.0262. The van der Waals surface area contributed by atoms with Gasteiger partial charge in [-0.15, -0.1) is 0 Å². The zero-order valence-corrected chi connectivity index (χ0v) is 17.3. The molecule has 6 nitrogen and oxygen atoms in total. The van der Waals surface area contributed by atoms with Crippen molar-refractivity contribution in [3.8, 4) is 0 Å². The maximum Gasteiger partial charge on any atom is 0.245 e. The molecule has 0 aliphatic carbocycles. The standard InChI is InChI=1S/C22H34N4O2/c1-15(2)20(24-21(27)16(3)23)22(28)26-12-10-18-9-11-25(14-19(18)26)13-17-7-5-4-6-8-17/h4-8,15-16,18-20H,9-14,23H2,1-3H3,(H,24,27)/t16-,18?,19?,20-/m0/s1. The number of piperidine rings is 1. The summed E-state index contributed by atoms with van der Waals surface area (Å²) >= 11 is 0. The van der Waals surface area contributed by atoms with Gasteiger partial charge in [0.1, 0.15) is 6.04 Å². The first-order chi connectivity index (χ1) is 13.4. The van der Waals surface area contributed by atoms with E-state index in [0.717, 1.165) is 39.0 Å². The van der Waals surface area contributed by atoms with Crippen LogP contribution in [0.15, 0.2) is 30.3 Å². The number of benzene rings is 1. The van der Waals surface area contributed by atoms with E-state index in [4.69, 9.17) is 5.73 Å². The molecule has 1 aromatic carbocycles. The van der Waals surface area contributed by atoms with Gasteiger partial charge in [0.15, 0.2) is 0 Å². The average molecular weight is 387 g/mol. The lowest BCUT2D eigenvalue weighted by atomic mass is 9.91. The van der Waals surface area contributed by atoms with Crippen LogP contribution < -0.4 is 11.1 Å². The summed E-state index contributed by atoms with van der Waals surface area (Å²) in [5.74, 6) is 0.362. The summed E-state index contributed by atoms with van der Waals surface area (Å²) in [5.41, 5.74) is 7.00. The van der Waals surface area contributed by atoms with Gasteiger partial charge < -0.3 is 16.0 Å². The first-order valence-corrected chi connectivity index (χ1v) is 10.5. The zero-order valence-electron chi connectivity index (χ0n) is 17.3. The Kier molecular flexibility index (Phi) is 6.73. The van der Waals surface area contributed by atoms with E-state index in [1.54, 1.807) is 6.92 Å². The second-order valence-electron chi connectivity index (χ2n) is 8.68. The van der Waals surface area contributed by atoms with Gasteiger partial charge >= 0.3 is 0 Å². The Morgan fingerprint density at radius 1 is 1.14 bits per heavy atom. The Bertz CT molecular complexity index is 676. The topological polar surface area (TPSA) is 78.7 Å². The van der Waals surface area contributed by atoms with Crippen LogP contribution in [-0.2, 0) is 16.1 Å². The Morgan fingerprint density at radius 3 is 2.46 bits per heavy atom.